The second-order valence-corrected chi connectivity index (χ2v) is 4.07. The molecule has 0 radical (unpaired) electrons. The van der Waals surface area contributed by atoms with Gasteiger partial charge in [-0.25, -0.2) is 9.18 Å². The number of carbonyl (C=O) groups is 2. The van der Waals surface area contributed by atoms with Crippen LogP contribution in [0.15, 0.2) is 18.2 Å². The summed E-state index contributed by atoms with van der Waals surface area (Å²) in [4.78, 5) is 23.3. The monoisotopic (exact) mass is 284 g/mol. The van der Waals surface area contributed by atoms with E-state index in [1.165, 1.54) is 26.2 Å². The number of anilines is 1. The molecule has 1 atom stereocenters. The summed E-state index contributed by atoms with van der Waals surface area (Å²) in [6.07, 6.45) is -0.986. The molecule has 0 heterocycles. The van der Waals surface area contributed by atoms with Crippen molar-refractivity contribution in [3.05, 3.63) is 29.6 Å². The minimum atomic E-state index is -0.986. The van der Waals surface area contributed by atoms with E-state index < -0.39 is 23.8 Å². The molecule has 0 aliphatic heterocycles. The molecule has 1 unspecified atom stereocenters. The highest BCUT2D eigenvalue weighted by Crippen LogP contribution is 2.13. The van der Waals surface area contributed by atoms with Crippen molar-refractivity contribution >= 4 is 17.6 Å². The van der Waals surface area contributed by atoms with Gasteiger partial charge in [0.2, 0.25) is 0 Å². The molecule has 0 bridgehead atoms. The third-order valence-corrected chi connectivity index (χ3v) is 2.49. The van der Waals surface area contributed by atoms with Crippen LogP contribution < -0.4 is 11.1 Å². The Bertz CT molecular complexity index is 493. The number of rotatable bonds is 6. The third kappa shape index (κ3) is 4.51. The second kappa shape index (κ2) is 7.44. The van der Waals surface area contributed by atoms with Crippen LogP contribution >= 0.6 is 0 Å². The zero-order valence-electron chi connectivity index (χ0n) is 11.3. The Balaban J connectivity index is 2.56. The molecule has 0 fully saturated rings. The highest BCUT2D eigenvalue weighted by molar-refractivity contribution is 5.92. The molecule has 0 aliphatic rings. The third-order valence-electron chi connectivity index (χ3n) is 2.49. The number of methoxy groups -OCH3 is 1. The number of esters is 1. The van der Waals surface area contributed by atoms with Crippen LogP contribution in [-0.4, -0.2) is 38.2 Å². The van der Waals surface area contributed by atoms with Crippen LogP contribution in [0.2, 0.25) is 0 Å². The number of hydrogen-bond acceptors (Lipinski definition) is 5. The Morgan fingerprint density at radius 2 is 2.15 bits per heavy atom. The molecule has 0 saturated heterocycles. The standard InChI is InChI=1S/C13H17FN2O4/c1-8(12(17)16-5-6-19-2)20-13(18)9-3-4-11(15)10(14)7-9/h3-4,7-8H,5-6,15H2,1-2H3,(H,16,17). The number of nitrogens with two attached hydrogens (primary N) is 1. The van der Waals surface area contributed by atoms with Gasteiger partial charge in [-0.3, -0.25) is 4.79 Å². The molecule has 1 aromatic rings. The summed E-state index contributed by atoms with van der Waals surface area (Å²) in [6.45, 7) is 2.09. The zero-order valence-corrected chi connectivity index (χ0v) is 11.3. The predicted octanol–water partition coefficient (Wildman–Crippen LogP) is 0.716. The fraction of sp³-hybridized carbons (Fsp3) is 0.385. The zero-order chi connectivity index (χ0) is 15.1. The Hall–Kier alpha value is -2.15. The molecule has 3 N–H and O–H groups in total. The lowest BCUT2D eigenvalue weighted by molar-refractivity contribution is -0.129. The molecule has 1 rings (SSSR count). The smallest absolute Gasteiger partial charge is 0.339 e. The molecular formula is C13H17FN2O4. The van der Waals surface area contributed by atoms with Gasteiger partial charge in [0.05, 0.1) is 17.9 Å². The van der Waals surface area contributed by atoms with Crippen molar-refractivity contribution in [1.29, 1.82) is 0 Å². The quantitative estimate of drug-likeness (QED) is 0.456. The average Bonchev–Trinajstić information content (AvgIpc) is 2.41. The van der Waals surface area contributed by atoms with E-state index in [2.05, 4.69) is 5.32 Å². The van der Waals surface area contributed by atoms with Crippen molar-refractivity contribution in [1.82, 2.24) is 5.32 Å². The maximum Gasteiger partial charge on any atom is 0.339 e. The van der Waals surface area contributed by atoms with E-state index in [0.717, 1.165) is 6.07 Å². The van der Waals surface area contributed by atoms with Crippen molar-refractivity contribution in [2.45, 2.75) is 13.0 Å². The molecule has 1 aromatic carbocycles. The molecule has 7 heteroatoms. The lowest BCUT2D eigenvalue weighted by atomic mass is 10.2. The summed E-state index contributed by atoms with van der Waals surface area (Å²) in [5, 5.41) is 2.53. The van der Waals surface area contributed by atoms with Gasteiger partial charge in [0.1, 0.15) is 5.82 Å². The van der Waals surface area contributed by atoms with Crippen LogP contribution in [0, 0.1) is 5.82 Å². The lowest BCUT2D eigenvalue weighted by Crippen LogP contribution is -2.37. The Labute approximate surface area is 116 Å². The van der Waals surface area contributed by atoms with E-state index in [9.17, 15) is 14.0 Å². The topological polar surface area (TPSA) is 90.6 Å². The van der Waals surface area contributed by atoms with Gasteiger partial charge >= 0.3 is 5.97 Å². The van der Waals surface area contributed by atoms with Crippen LogP contribution in [0.1, 0.15) is 17.3 Å². The number of amides is 1. The first-order chi connectivity index (χ1) is 9.45. The van der Waals surface area contributed by atoms with Crippen LogP contribution in [-0.2, 0) is 14.3 Å². The number of nitrogens with one attached hydrogen (secondary N) is 1. The van der Waals surface area contributed by atoms with Gasteiger partial charge in [-0.2, -0.15) is 0 Å². The largest absolute Gasteiger partial charge is 0.449 e. The fourth-order valence-electron chi connectivity index (χ4n) is 1.36. The van der Waals surface area contributed by atoms with Crippen molar-refractivity contribution < 1.29 is 23.5 Å². The molecular weight excluding hydrogens is 267 g/mol. The minimum Gasteiger partial charge on any atom is -0.449 e. The maximum absolute atomic E-state index is 13.2. The number of carbonyl (C=O) groups excluding carboxylic acids is 2. The van der Waals surface area contributed by atoms with Gasteiger partial charge in [-0.15, -0.1) is 0 Å². The van der Waals surface area contributed by atoms with E-state index in [1.54, 1.807) is 0 Å². The van der Waals surface area contributed by atoms with Gasteiger partial charge in [-0.05, 0) is 25.1 Å². The lowest BCUT2D eigenvalue weighted by Gasteiger charge is -2.13. The van der Waals surface area contributed by atoms with E-state index >= 15 is 0 Å². The molecule has 0 aromatic heterocycles. The highest BCUT2D eigenvalue weighted by atomic mass is 19.1. The number of benzene rings is 1. The van der Waals surface area contributed by atoms with Gasteiger partial charge in [0, 0.05) is 13.7 Å². The van der Waals surface area contributed by atoms with Crippen LogP contribution in [0.3, 0.4) is 0 Å². The molecule has 0 spiro atoms. The Morgan fingerprint density at radius 1 is 1.45 bits per heavy atom. The van der Waals surface area contributed by atoms with Crippen LogP contribution in [0.5, 0.6) is 0 Å². The molecule has 6 nitrogen and oxygen atoms in total. The highest BCUT2D eigenvalue weighted by Gasteiger charge is 2.19. The first kappa shape index (κ1) is 15.9. The van der Waals surface area contributed by atoms with Crippen molar-refractivity contribution in [3.8, 4) is 0 Å². The average molecular weight is 284 g/mol. The summed E-state index contributed by atoms with van der Waals surface area (Å²) in [6, 6.07) is 3.55. The fourth-order valence-corrected chi connectivity index (χ4v) is 1.36. The molecule has 1 amide bonds. The van der Waals surface area contributed by atoms with Gasteiger partial charge in [0.15, 0.2) is 6.10 Å². The molecule has 0 saturated carbocycles. The van der Waals surface area contributed by atoms with E-state index in [1.807, 2.05) is 0 Å². The predicted molar refractivity (Wildman–Crippen MR) is 70.6 cm³/mol. The van der Waals surface area contributed by atoms with Crippen LogP contribution in [0.25, 0.3) is 0 Å². The number of ether oxygens (including phenoxy) is 2. The molecule has 20 heavy (non-hydrogen) atoms. The summed E-state index contributed by atoms with van der Waals surface area (Å²) in [5.74, 6) is -1.96. The summed E-state index contributed by atoms with van der Waals surface area (Å²) in [5.41, 5.74) is 5.23. The Kier molecular flexibility index (Phi) is 5.92. The summed E-state index contributed by atoms with van der Waals surface area (Å²) < 4.78 is 22.9. The van der Waals surface area contributed by atoms with Crippen LogP contribution in [0.4, 0.5) is 10.1 Å². The first-order valence-electron chi connectivity index (χ1n) is 5.98. The summed E-state index contributed by atoms with van der Waals surface area (Å²) >= 11 is 0. The summed E-state index contributed by atoms with van der Waals surface area (Å²) in [7, 11) is 1.51. The van der Waals surface area contributed by atoms with Gasteiger partial charge in [-0.1, -0.05) is 0 Å². The van der Waals surface area contributed by atoms with E-state index in [-0.39, 0.29) is 11.3 Å². The molecule has 110 valence electrons. The minimum absolute atomic E-state index is 0.00626. The van der Waals surface area contributed by atoms with Crippen molar-refractivity contribution in [2.24, 2.45) is 0 Å². The first-order valence-corrected chi connectivity index (χ1v) is 5.98. The molecule has 0 aliphatic carbocycles. The maximum atomic E-state index is 13.2. The van der Waals surface area contributed by atoms with E-state index in [0.29, 0.717) is 13.2 Å². The van der Waals surface area contributed by atoms with Crippen molar-refractivity contribution in [2.75, 3.05) is 26.0 Å². The van der Waals surface area contributed by atoms with E-state index in [4.69, 9.17) is 15.2 Å². The van der Waals surface area contributed by atoms with Gasteiger partial charge < -0.3 is 20.5 Å². The normalized spacial score (nSPS) is 11.8. The number of hydrogen-bond donors (Lipinski definition) is 2. The Morgan fingerprint density at radius 3 is 2.75 bits per heavy atom. The van der Waals surface area contributed by atoms with Gasteiger partial charge in [0.25, 0.3) is 5.91 Å². The SMILES string of the molecule is COCCNC(=O)C(C)OC(=O)c1ccc(N)c(F)c1. The second-order valence-electron chi connectivity index (χ2n) is 4.07. The number of halogens is 1. The van der Waals surface area contributed by atoms with Crippen molar-refractivity contribution in [3.63, 3.8) is 0 Å². The number of nitrogen functional groups attached to an aromatic ring is 1.